The van der Waals surface area contributed by atoms with Crippen LogP contribution < -0.4 is 20.4 Å². The van der Waals surface area contributed by atoms with Crippen LogP contribution in [0.2, 0.25) is 0 Å². The van der Waals surface area contributed by atoms with Crippen LogP contribution in [0, 0.1) is 5.82 Å². The number of fused-ring (bicyclic) bond motifs is 4. The Kier molecular flexibility index (Phi) is 12.6. The number of piperidine rings is 3. The lowest BCUT2D eigenvalue weighted by Crippen LogP contribution is -2.58. The topological polar surface area (TPSA) is 212 Å². The summed E-state index contributed by atoms with van der Waals surface area (Å²) in [6.45, 7) is 8.43. The van der Waals surface area contributed by atoms with E-state index in [0.29, 0.717) is 86.6 Å². The first-order valence-corrected chi connectivity index (χ1v) is 28.0. The fraction of sp³-hybridized carbons (Fsp3) is 0.424. The third-order valence-corrected chi connectivity index (χ3v) is 17.9. The van der Waals surface area contributed by atoms with Crippen molar-refractivity contribution >= 4 is 75.3 Å². The van der Waals surface area contributed by atoms with Crippen LogP contribution in [-0.2, 0) is 26.8 Å². The van der Waals surface area contributed by atoms with Gasteiger partial charge in [-0.25, -0.2) is 14.4 Å². The quantitative estimate of drug-likeness (QED) is 0.147. The highest BCUT2D eigenvalue weighted by atomic mass is 19.1. The molecule has 20 nitrogen and oxygen atoms in total. The summed E-state index contributed by atoms with van der Waals surface area (Å²) in [6, 6.07) is 20.6. The van der Waals surface area contributed by atoms with Gasteiger partial charge in [0.1, 0.15) is 23.1 Å². The largest absolute Gasteiger partial charge is 0.368 e. The van der Waals surface area contributed by atoms with E-state index in [-0.39, 0.29) is 65.2 Å². The number of para-hydroxylation sites is 1. The van der Waals surface area contributed by atoms with Crippen LogP contribution in [0.5, 0.6) is 0 Å². The maximum atomic E-state index is 15.3. The van der Waals surface area contributed by atoms with Gasteiger partial charge in [0.15, 0.2) is 11.5 Å². The SMILES string of the molecule is CC(C)n1cnc2cc(-c3ccc4c(c3)N(C3CC(N5CCCCC5)C3)C(=O)C43CCN(C(=O)c4cc(C(=O)N5CCN(c6ccc7c(c6)C(=O)N(C6CCC(=O)NC6=O)C7=O)CC5)n(C)n4)CC3)nc(Nc3ccccc3F)c21. The predicted molar refractivity (Wildman–Crippen MR) is 294 cm³/mol. The first-order valence-electron chi connectivity index (χ1n) is 28.0. The van der Waals surface area contributed by atoms with E-state index in [0.717, 1.165) is 53.2 Å². The van der Waals surface area contributed by atoms with Crippen molar-refractivity contribution in [2.45, 2.75) is 101 Å². The van der Waals surface area contributed by atoms with E-state index >= 15 is 9.18 Å². The Morgan fingerprint density at radius 2 is 1.51 bits per heavy atom. The van der Waals surface area contributed by atoms with Crippen molar-refractivity contribution < 1.29 is 38.0 Å². The second-order valence-corrected chi connectivity index (χ2v) is 22.7. The highest BCUT2D eigenvalue weighted by Gasteiger charge is 2.56. The Morgan fingerprint density at radius 3 is 2.25 bits per heavy atom. The molecule has 6 aliphatic heterocycles. The van der Waals surface area contributed by atoms with Crippen LogP contribution in [-0.4, -0.2) is 156 Å². The van der Waals surface area contributed by atoms with E-state index < -0.39 is 40.9 Å². The molecule has 7 aliphatic rings. The highest BCUT2D eigenvalue weighted by Crippen LogP contribution is 2.52. The third-order valence-electron chi connectivity index (χ3n) is 17.9. The molecule has 3 aromatic carbocycles. The van der Waals surface area contributed by atoms with E-state index in [2.05, 4.69) is 46.6 Å². The van der Waals surface area contributed by atoms with Crippen LogP contribution in [0.15, 0.2) is 79.1 Å². The van der Waals surface area contributed by atoms with E-state index in [1.807, 2.05) is 26.5 Å². The van der Waals surface area contributed by atoms with Crippen molar-refractivity contribution in [3.8, 4) is 11.3 Å². The molecule has 9 heterocycles. The summed E-state index contributed by atoms with van der Waals surface area (Å²) >= 11 is 0. The zero-order valence-electron chi connectivity index (χ0n) is 45.0. The number of anilines is 4. The van der Waals surface area contributed by atoms with E-state index in [9.17, 15) is 28.8 Å². The Morgan fingerprint density at radius 1 is 0.775 bits per heavy atom. The summed E-state index contributed by atoms with van der Waals surface area (Å²) in [6.07, 6.45) is 8.09. The van der Waals surface area contributed by atoms with Crippen molar-refractivity contribution in [3.05, 3.63) is 113 Å². The Labute approximate surface area is 460 Å². The summed E-state index contributed by atoms with van der Waals surface area (Å²) < 4.78 is 18.6. The summed E-state index contributed by atoms with van der Waals surface area (Å²) in [4.78, 5) is 116. The number of rotatable bonds is 10. The third kappa shape index (κ3) is 8.49. The number of imide groups is 2. The van der Waals surface area contributed by atoms with E-state index in [1.54, 1.807) is 65.6 Å². The van der Waals surface area contributed by atoms with Crippen molar-refractivity contribution in [3.63, 3.8) is 0 Å². The maximum absolute atomic E-state index is 15.3. The molecule has 1 atom stereocenters. The number of imidazole rings is 1. The molecule has 13 rings (SSSR count). The molecule has 0 bridgehead atoms. The average molecular weight is 1080 g/mol. The second kappa shape index (κ2) is 19.8. The van der Waals surface area contributed by atoms with Gasteiger partial charge < -0.3 is 34.4 Å². The van der Waals surface area contributed by atoms with Gasteiger partial charge in [0.2, 0.25) is 17.7 Å². The van der Waals surface area contributed by atoms with Gasteiger partial charge in [-0.1, -0.05) is 30.7 Å². The van der Waals surface area contributed by atoms with Crippen LogP contribution in [0.3, 0.4) is 0 Å². The first kappa shape index (κ1) is 51.1. The Hall–Kier alpha value is -8.33. The molecular formula is C59H62FN13O7. The molecule has 1 saturated carbocycles. The number of piperazine rings is 1. The number of aromatic nitrogens is 5. The number of benzene rings is 3. The smallest absolute Gasteiger partial charge is 0.274 e. The number of pyridine rings is 1. The van der Waals surface area contributed by atoms with Gasteiger partial charge in [0, 0.05) is 93.9 Å². The summed E-state index contributed by atoms with van der Waals surface area (Å²) in [5.41, 5.74) is 5.60. The lowest BCUT2D eigenvalue weighted by atomic mass is 9.73. The Balaban J connectivity index is 0.710. The number of nitrogens with zero attached hydrogens (tertiary/aromatic N) is 11. The minimum Gasteiger partial charge on any atom is -0.368 e. The number of hydrogen-bond donors (Lipinski definition) is 2. The van der Waals surface area contributed by atoms with Crippen molar-refractivity contribution in [2.75, 3.05) is 67.5 Å². The monoisotopic (exact) mass is 1080 g/mol. The fourth-order valence-corrected chi connectivity index (χ4v) is 13.3. The minimum atomic E-state index is -1.06. The predicted octanol–water partition coefficient (Wildman–Crippen LogP) is 6.20. The van der Waals surface area contributed by atoms with Crippen LogP contribution in [0.4, 0.5) is 27.3 Å². The lowest BCUT2D eigenvalue weighted by molar-refractivity contribution is -0.136. The number of amides is 7. The van der Waals surface area contributed by atoms with Gasteiger partial charge in [0.25, 0.3) is 23.6 Å². The molecular weight excluding hydrogens is 1020 g/mol. The van der Waals surface area contributed by atoms with Crippen molar-refractivity contribution in [1.82, 2.24) is 49.2 Å². The molecule has 1 spiro atoms. The maximum Gasteiger partial charge on any atom is 0.274 e. The van der Waals surface area contributed by atoms with Crippen LogP contribution in [0.25, 0.3) is 22.3 Å². The van der Waals surface area contributed by atoms with Crippen molar-refractivity contribution in [2.24, 2.45) is 7.05 Å². The van der Waals surface area contributed by atoms with Gasteiger partial charge >= 0.3 is 0 Å². The van der Waals surface area contributed by atoms with Gasteiger partial charge in [-0.15, -0.1) is 0 Å². The number of halogens is 1. The standard InChI is InChI=1S/C59H62FN13O7/c1-34(2)71-33-61-45-31-44(63-52(51(45)71)62-43-10-6-5-9-42(43)60)35-11-14-41-48(27-35)72(38-28-37(29-38)67-19-7-4-8-20-67)58(80)59(41)17-21-69(22-18-59)56(78)46-32-49(66(3)65-46)57(79)70-25-23-68(24-26-70)36-12-13-39-40(30-36)55(77)73(54(39)76)47-15-16-50(74)64-53(47)75/h5-6,9-14,27,30-34,37-38,47H,4,7-8,15-26,28-29H2,1-3H3,(H,62,63)(H,64,74,75). The number of carbonyl (C=O) groups excluding carboxylic acids is 7. The van der Waals surface area contributed by atoms with Gasteiger partial charge in [-0.2, -0.15) is 5.10 Å². The molecule has 7 amide bonds. The molecule has 21 heteroatoms. The highest BCUT2D eigenvalue weighted by molar-refractivity contribution is 6.24. The molecule has 2 N–H and O–H groups in total. The Bertz CT molecular complexity index is 3580. The van der Waals surface area contributed by atoms with Crippen molar-refractivity contribution in [1.29, 1.82) is 0 Å². The molecule has 1 unspecified atom stereocenters. The first-order chi connectivity index (χ1) is 38.6. The average Bonchev–Trinajstić information content (AvgIpc) is 4.40. The van der Waals surface area contributed by atoms with Gasteiger partial charge in [0.05, 0.1) is 39.8 Å². The summed E-state index contributed by atoms with van der Waals surface area (Å²) in [7, 11) is 1.64. The normalized spacial score (nSPS) is 22.1. The molecule has 80 heavy (non-hydrogen) atoms. The van der Waals surface area contributed by atoms with Gasteiger partial charge in [-0.3, -0.25) is 48.5 Å². The number of hydrogen-bond acceptors (Lipinski definition) is 13. The van der Waals surface area contributed by atoms with Crippen LogP contribution in [0.1, 0.15) is 125 Å². The molecule has 1 aliphatic carbocycles. The minimum absolute atomic E-state index is 0.0157. The zero-order chi connectivity index (χ0) is 55.3. The second-order valence-electron chi connectivity index (χ2n) is 22.7. The number of nitrogens with one attached hydrogen (secondary N) is 2. The molecule has 5 fully saturated rings. The molecule has 412 valence electrons. The number of carbonyl (C=O) groups is 7. The number of likely N-dealkylation sites (tertiary alicyclic amines) is 2. The number of aryl methyl sites for hydroxylation is 1. The summed E-state index contributed by atoms with van der Waals surface area (Å²) in [5, 5.41) is 10.0. The van der Waals surface area contributed by atoms with E-state index in [4.69, 9.17) is 9.97 Å². The lowest BCUT2D eigenvalue weighted by Gasteiger charge is -2.48. The molecule has 4 saturated heterocycles. The molecule has 0 radical (unpaired) electrons. The summed E-state index contributed by atoms with van der Waals surface area (Å²) in [5.74, 6) is -2.75. The molecule has 3 aromatic heterocycles. The van der Waals surface area contributed by atoms with E-state index in [1.165, 1.54) is 30.0 Å². The zero-order valence-corrected chi connectivity index (χ0v) is 45.0. The fourth-order valence-electron chi connectivity index (χ4n) is 13.3. The van der Waals surface area contributed by atoms with Crippen LogP contribution >= 0.6 is 0 Å². The molecule has 6 aromatic rings. The van der Waals surface area contributed by atoms with Gasteiger partial charge in [-0.05, 0) is 120 Å².